The van der Waals surface area contributed by atoms with Gasteiger partial charge < -0.3 is 19.3 Å². The number of anilines is 1. The summed E-state index contributed by atoms with van der Waals surface area (Å²) in [6.07, 6.45) is 2.46. The first-order valence-corrected chi connectivity index (χ1v) is 13.5. The van der Waals surface area contributed by atoms with E-state index in [1.165, 1.54) is 12.0 Å². The number of thiazole rings is 1. The number of ether oxygens (including phenoxy) is 3. The molecule has 1 N–H and O–H groups in total. The van der Waals surface area contributed by atoms with Crippen LogP contribution in [0.3, 0.4) is 0 Å². The zero-order chi connectivity index (χ0) is 29.0. The minimum atomic E-state index is -1.01. The maximum absolute atomic E-state index is 13.5. The maximum Gasteiger partial charge on any atom is 0.350 e. The topological polar surface area (TPSA) is 115 Å². The predicted molar refractivity (Wildman–Crippen MR) is 152 cm³/mol. The van der Waals surface area contributed by atoms with Gasteiger partial charge in [0.2, 0.25) is 0 Å². The molecule has 1 atom stereocenters. The quantitative estimate of drug-likeness (QED) is 0.113. The van der Waals surface area contributed by atoms with Crippen LogP contribution in [-0.2, 0) is 14.3 Å². The van der Waals surface area contributed by atoms with Crippen molar-refractivity contribution in [3.63, 3.8) is 0 Å². The summed E-state index contributed by atoms with van der Waals surface area (Å²) in [5.74, 6) is -1.46. The molecule has 10 heteroatoms. The van der Waals surface area contributed by atoms with E-state index in [2.05, 4.69) is 11.6 Å². The second-order valence-corrected chi connectivity index (χ2v) is 10.0. The Hall–Kier alpha value is -4.44. The lowest BCUT2D eigenvalue weighted by atomic mass is 9.94. The minimum absolute atomic E-state index is 0.0949. The lowest BCUT2D eigenvalue weighted by Gasteiger charge is -2.23. The van der Waals surface area contributed by atoms with E-state index >= 15 is 0 Å². The molecular formula is C30H30N2O7S. The number of aliphatic hydroxyl groups excluding tert-OH is 1. The molecule has 1 saturated heterocycles. The Balaban J connectivity index is 1.87. The van der Waals surface area contributed by atoms with Crippen molar-refractivity contribution in [1.29, 1.82) is 0 Å². The van der Waals surface area contributed by atoms with Gasteiger partial charge in [-0.15, -0.1) is 0 Å². The van der Waals surface area contributed by atoms with Crippen molar-refractivity contribution in [2.24, 2.45) is 0 Å². The minimum Gasteiger partial charge on any atom is -0.507 e. The van der Waals surface area contributed by atoms with E-state index in [9.17, 15) is 19.5 Å². The Morgan fingerprint density at radius 2 is 1.82 bits per heavy atom. The van der Waals surface area contributed by atoms with Gasteiger partial charge in [-0.1, -0.05) is 43.0 Å². The lowest BCUT2D eigenvalue weighted by Crippen LogP contribution is -2.29. The first-order valence-electron chi connectivity index (χ1n) is 12.7. The second kappa shape index (κ2) is 12.2. The fraction of sp³-hybridized carbons (Fsp3) is 0.267. The molecule has 0 bridgehead atoms. The highest BCUT2D eigenvalue weighted by Crippen LogP contribution is 2.44. The molecule has 208 valence electrons. The van der Waals surface area contributed by atoms with Crippen molar-refractivity contribution >= 4 is 39.9 Å². The molecule has 1 aliphatic heterocycles. The zero-order valence-corrected chi connectivity index (χ0v) is 23.5. The van der Waals surface area contributed by atoms with Crippen molar-refractivity contribution in [2.75, 3.05) is 25.2 Å². The molecule has 4 rings (SSSR count). The van der Waals surface area contributed by atoms with Gasteiger partial charge in [0.15, 0.2) is 5.13 Å². The second-order valence-electron chi connectivity index (χ2n) is 9.07. The Bertz CT molecular complexity index is 1490. The summed E-state index contributed by atoms with van der Waals surface area (Å²) in [4.78, 5) is 45.1. The number of hydrogen-bond donors (Lipinski definition) is 1. The van der Waals surface area contributed by atoms with Crippen molar-refractivity contribution in [2.45, 2.75) is 33.2 Å². The lowest BCUT2D eigenvalue weighted by molar-refractivity contribution is -0.132. The molecule has 0 spiro atoms. The van der Waals surface area contributed by atoms with Gasteiger partial charge in [0.1, 0.15) is 28.7 Å². The molecule has 2 heterocycles. The summed E-state index contributed by atoms with van der Waals surface area (Å²) in [5, 5.41) is 11.7. The average Bonchev–Trinajstić information content (AvgIpc) is 3.46. The third kappa shape index (κ3) is 5.48. The van der Waals surface area contributed by atoms with Gasteiger partial charge in [0, 0.05) is 5.56 Å². The highest BCUT2D eigenvalue weighted by atomic mass is 32.1. The molecule has 40 heavy (non-hydrogen) atoms. The summed E-state index contributed by atoms with van der Waals surface area (Å²) >= 11 is 0.944. The number of aliphatic hydroxyl groups is 1. The average molecular weight is 563 g/mol. The molecule has 1 fully saturated rings. The van der Waals surface area contributed by atoms with Crippen LogP contribution in [0, 0.1) is 13.8 Å². The predicted octanol–water partition coefficient (Wildman–Crippen LogP) is 5.53. The smallest absolute Gasteiger partial charge is 0.350 e. The van der Waals surface area contributed by atoms with E-state index < -0.39 is 23.7 Å². The monoisotopic (exact) mass is 562 g/mol. The SMILES string of the molecule is C=CCOc1ccc(C(O)=C2C(=O)C(=O)N(c3nc(C)c(C(=O)OC)s3)[C@H]2c2ccc(OCCC)cc2)c(C)c1. The summed E-state index contributed by atoms with van der Waals surface area (Å²) in [6.45, 7) is 9.89. The van der Waals surface area contributed by atoms with Crippen LogP contribution < -0.4 is 14.4 Å². The van der Waals surface area contributed by atoms with Crippen molar-refractivity contribution in [3.8, 4) is 11.5 Å². The fourth-order valence-corrected chi connectivity index (χ4v) is 5.38. The Morgan fingerprint density at radius 1 is 1.12 bits per heavy atom. The molecule has 0 aliphatic carbocycles. The number of benzene rings is 2. The highest BCUT2D eigenvalue weighted by molar-refractivity contribution is 7.17. The number of rotatable bonds is 10. The number of aromatic nitrogens is 1. The third-order valence-corrected chi connectivity index (χ3v) is 7.43. The van der Waals surface area contributed by atoms with E-state index in [1.807, 2.05) is 6.92 Å². The highest BCUT2D eigenvalue weighted by Gasteiger charge is 2.48. The summed E-state index contributed by atoms with van der Waals surface area (Å²) in [5.41, 5.74) is 1.85. The van der Waals surface area contributed by atoms with Gasteiger partial charge in [-0.2, -0.15) is 0 Å². The molecule has 0 radical (unpaired) electrons. The van der Waals surface area contributed by atoms with E-state index in [-0.39, 0.29) is 21.3 Å². The Morgan fingerprint density at radius 3 is 2.45 bits per heavy atom. The molecule has 3 aromatic rings. The standard InChI is InChI=1S/C30H30N2O7S/c1-6-14-38-20-10-8-19(9-11-20)24-23(25(33)22-13-12-21(16-17(22)3)39-15-7-2)26(34)28(35)32(24)30-31-18(4)27(40-30)29(36)37-5/h7-13,16,24,33H,2,6,14-15H2,1,3-5H3/t24-/m0/s1. The molecule has 1 aliphatic rings. The van der Waals surface area contributed by atoms with Crippen molar-refractivity contribution in [3.05, 3.63) is 88.0 Å². The fourth-order valence-electron chi connectivity index (χ4n) is 4.37. The van der Waals surface area contributed by atoms with Crippen LogP contribution in [-0.4, -0.2) is 48.1 Å². The van der Waals surface area contributed by atoms with Crippen LogP contribution in [0.5, 0.6) is 11.5 Å². The number of carbonyl (C=O) groups excluding carboxylic acids is 3. The number of carbonyl (C=O) groups is 3. The van der Waals surface area contributed by atoms with Gasteiger partial charge in [0.05, 0.1) is 31.0 Å². The van der Waals surface area contributed by atoms with E-state index in [4.69, 9.17) is 14.2 Å². The van der Waals surface area contributed by atoms with Gasteiger partial charge >= 0.3 is 11.9 Å². The van der Waals surface area contributed by atoms with Crippen molar-refractivity contribution in [1.82, 2.24) is 4.98 Å². The van der Waals surface area contributed by atoms with Gasteiger partial charge in [-0.25, -0.2) is 9.78 Å². The number of amides is 1. The van der Waals surface area contributed by atoms with Crippen LogP contribution in [0.4, 0.5) is 5.13 Å². The number of aryl methyl sites for hydroxylation is 2. The third-order valence-electron chi connectivity index (χ3n) is 6.30. The van der Waals surface area contributed by atoms with E-state index in [0.29, 0.717) is 47.1 Å². The van der Waals surface area contributed by atoms with Gasteiger partial charge in [-0.05, 0) is 61.7 Å². The summed E-state index contributed by atoms with van der Waals surface area (Å²) in [7, 11) is 1.26. The van der Waals surface area contributed by atoms with E-state index in [0.717, 1.165) is 17.8 Å². The normalized spacial score (nSPS) is 16.2. The first kappa shape index (κ1) is 28.6. The molecule has 2 aromatic carbocycles. The van der Waals surface area contributed by atoms with Crippen LogP contribution in [0.25, 0.3) is 5.76 Å². The molecule has 0 unspecified atom stereocenters. The number of methoxy groups -OCH3 is 1. The van der Waals surface area contributed by atoms with Crippen LogP contribution in [0.1, 0.15) is 51.4 Å². The zero-order valence-electron chi connectivity index (χ0n) is 22.7. The van der Waals surface area contributed by atoms with Crippen LogP contribution in [0.15, 0.2) is 60.7 Å². The number of esters is 1. The number of nitrogens with zero attached hydrogens (tertiary/aromatic N) is 2. The number of hydrogen-bond acceptors (Lipinski definition) is 9. The van der Waals surface area contributed by atoms with Crippen molar-refractivity contribution < 1.29 is 33.7 Å². The maximum atomic E-state index is 13.5. The van der Waals surface area contributed by atoms with Gasteiger partial charge in [0.25, 0.3) is 5.78 Å². The first-order chi connectivity index (χ1) is 19.2. The van der Waals surface area contributed by atoms with Crippen LogP contribution in [0.2, 0.25) is 0 Å². The largest absolute Gasteiger partial charge is 0.507 e. The molecular weight excluding hydrogens is 532 g/mol. The Labute approximate surface area is 236 Å². The number of Topliss-reactive ketones (excluding diaryl/α,β-unsaturated/α-hetero) is 1. The van der Waals surface area contributed by atoms with E-state index in [1.54, 1.807) is 62.4 Å². The van der Waals surface area contributed by atoms with Crippen LogP contribution >= 0.6 is 11.3 Å². The molecule has 1 amide bonds. The summed E-state index contributed by atoms with van der Waals surface area (Å²) < 4.78 is 16.1. The molecule has 0 saturated carbocycles. The summed E-state index contributed by atoms with van der Waals surface area (Å²) in [6, 6.07) is 11.0. The van der Waals surface area contributed by atoms with Gasteiger partial charge in [-0.3, -0.25) is 14.5 Å². The number of ketones is 1. The molecule has 9 nitrogen and oxygen atoms in total. The molecule has 1 aromatic heterocycles. The Kier molecular flexibility index (Phi) is 8.69.